The highest BCUT2D eigenvalue weighted by atomic mass is 35.5. The first-order valence-corrected chi connectivity index (χ1v) is 12.7. The van der Waals surface area contributed by atoms with Crippen LogP contribution in [0, 0.1) is 13.8 Å². The number of halogens is 1. The number of amides is 1. The molecule has 0 spiro atoms. The van der Waals surface area contributed by atoms with Gasteiger partial charge >= 0.3 is 0 Å². The first-order chi connectivity index (χ1) is 15.9. The predicted octanol–water partition coefficient (Wildman–Crippen LogP) is 5.46. The SMILES string of the molecule is CCc1sc2nc(SCC(=O)Nc3ccc(Cl)cn3)n(Cc3ccc(C)cc3)c(=O)c2c1C. The molecule has 4 rings (SSSR count). The number of aryl methyl sites for hydroxylation is 3. The van der Waals surface area contributed by atoms with Crippen LogP contribution in [0.15, 0.2) is 52.5 Å². The molecule has 0 aliphatic rings. The average Bonchev–Trinajstić information content (AvgIpc) is 3.13. The molecule has 0 bridgehead atoms. The number of carbonyl (C=O) groups excluding carboxylic acids is 1. The lowest BCUT2D eigenvalue weighted by Crippen LogP contribution is -2.25. The lowest BCUT2D eigenvalue weighted by atomic mass is 10.1. The summed E-state index contributed by atoms with van der Waals surface area (Å²) in [5.41, 5.74) is 3.08. The summed E-state index contributed by atoms with van der Waals surface area (Å²) < 4.78 is 1.67. The second kappa shape index (κ2) is 10.1. The Kier molecular flexibility index (Phi) is 7.17. The normalized spacial score (nSPS) is 11.2. The van der Waals surface area contributed by atoms with E-state index >= 15 is 0 Å². The quantitative estimate of drug-likeness (QED) is 0.270. The van der Waals surface area contributed by atoms with Crippen LogP contribution in [0.3, 0.4) is 0 Å². The third-order valence-electron chi connectivity index (χ3n) is 5.22. The third-order valence-corrected chi connectivity index (χ3v) is 7.75. The van der Waals surface area contributed by atoms with Crippen molar-refractivity contribution in [1.29, 1.82) is 0 Å². The maximum atomic E-state index is 13.5. The molecule has 1 aromatic carbocycles. The summed E-state index contributed by atoms with van der Waals surface area (Å²) in [5.74, 6) is 0.288. The second-order valence-corrected chi connectivity index (χ2v) is 10.1. The smallest absolute Gasteiger partial charge is 0.263 e. The summed E-state index contributed by atoms with van der Waals surface area (Å²) in [6, 6.07) is 11.4. The molecular formula is C24H23ClN4O2S2. The molecular weight excluding hydrogens is 476 g/mol. The van der Waals surface area contributed by atoms with Crippen LogP contribution in [0.1, 0.15) is 28.5 Å². The molecule has 0 unspecified atom stereocenters. The van der Waals surface area contributed by atoms with Crippen molar-refractivity contribution < 1.29 is 4.79 Å². The van der Waals surface area contributed by atoms with Gasteiger partial charge in [0.15, 0.2) is 5.16 Å². The van der Waals surface area contributed by atoms with E-state index in [-0.39, 0.29) is 17.2 Å². The zero-order valence-corrected chi connectivity index (χ0v) is 20.9. The van der Waals surface area contributed by atoms with Crippen molar-refractivity contribution in [3.05, 3.63) is 79.5 Å². The average molecular weight is 499 g/mol. The zero-order chi connectivity index (χ0) is 23.5. The maximum absolute atomic E-state index is 13.5. The number of carbonyl (C=O) groups is 1. The van der Waals surface area contributed by atoms with Crippen LogP contribution in [-0.4, -0.2) is 26.2 Å². The van der Waals surface area contributed by atoms with Crippen LogP contribution < -0.4 is 10.9 Å². The van der Waals surface area contributed by atoms with Crippen molar-refractivity contribution in [2.75, 3.05) is 11.1 Å². The summed E-state index contributed by atoms with van der Waals surface area (Å²) in [7, 11) is 0. The molecule has 170 valence electrons. The number of hydrogen-bond donors (Lipinski definition) is 1. The summed E-state index contributed by atoms with van der Waals surface area (Å²) in [5, 5.41) is 4.44. The summed E-state index contributed by atoms with van der Waals surface area (Å²) in [6.45, 7) is 6.48. The highest BCUT2D eigenvalue weighted by Crippen LogP contribution is 2.30. The minimum atomic E-state index is -0.234. The van der Waals surface area contributed by atoms with Gasteiger partial charge in [0, 0.05) is 11.1 Å². The number of nitrogens with one attached hydrogen (secondary N) is 1. The number of benzene rings is 1. The van der Waals surface area contributed by atoms with Crippen molar-refractivity contribution in [2.45, 2.75) is 38.9 Å². The van der Waals surface area contributed by atoms with Gasteiger partial charge in [0.25, 0.3) is 5.56 Å². The van der Waals surface area contributed by atoms with Gasteiger partial charge in [-0.1, -0.05) is 60.1 Å². The van der Waals surface area contributed by atoms with Gasteiger partial charge in [-0.05, 0) is 43.5 Å². The van der Waals surface area contributed by atoms with Crippen LogP contribution in [0.25, 0.3) is 10.2 Å². The minimum absolute atomic E-state index is 0.0729. The van der Waals surface area contributed by atoms with E-state index in [2.05, 4.69) is 17.2 Å². The Balaban J connectivity index is 1.65. The number of thioether (sulfide) groups is 1. The zero-order valence-electron chi connectivity index (χ0n) is 18.5. The Morgan fingerprint density at radius 3 is 2.61 bits per heavy atom. The molecule has 3 aromatic heterocycles. The van der Waals surface area contributed by atoms with Crippen molar-refractivity contribution >= 4 is 56.6 Å². The van der Waals surface area contributed by atoms with Gasteiger partial charge in [0.1, 0.15) is 10.6 Å². The van der Waals surface area contributed by atoms with E-state index in [0.29, 0.717) is 27.9 Å². The molecule has 1 N–H and O–H groups in total. The van der Waals surface area contributed by atoms with Crippen LogP contribution in [0.2, 0.25) is 5.02 Å². The highest BCUT2D eigenvalue weighted by Gasteiger charge is 2.19. The van der Waals surface area contributed by atoms with Gasteiger partial charge in [0.05, 0.1) is 22.7 Å². The lowest BCUT2D eigenvalue weighted by molar-refractivity contribution is -0.113. The predicted molar refractivity (Wildman–Crippen MR) is 137 cm³/mol. The molecule has 4 aromatic rings. The molecule has 6 nitrogen and oxygen atoms in total. The highest BCUT2D eigenvalue weighted by molar-refractivity contribution is 7.99. The van der Waals surface area contributed by atoms with Crippen molar-refractivity contribution in [3.8, 4) is 0 Å². The Morgan fingerprint density at radius 1 is 1.18 bits per heavy atom. The van der Waals surface area contributed by atoms with E-state index in [1.54, 1.807) is 28.0 Å². The number of hydrogen-bond acceptors (Lipinski definition) is 6. The second-order valence-electron chi connectivity index (χ2n) is 7.65. The number of fused-ring (bicyclic) bond motifs is 1. The monoisotopic (exact) mass is 498 g/mol. The number of pyridine rings is 1. The van der Waals surface area contributed by atoms with Crippen molar-refractivity contribution in [3.63, 3.8) is 0 Å². The van der Waals surface area contributed by atoms with Gasteiger partial charge in [-0.15, -0.1) is 11.3 Å². The number of thiophene rings is 1. The molecule has 1 amide bonds. The van der Waals surface area contributed by atoms with Gasteiger partial charge < -0.3 is 5.32 Å². The van der Waals surface area contributed by atoms with Crippen LogP contribution in [0.5, 0.6) is 0 Å². The largest absolute Gasteiger partial charge is 0.310 e. The standard InChI is InChI=1S/C24H23ClN4O2S2/c1-4-18-15(3)21-22(33-18)28-24(29(23(21)31)12-16-7-5-14(2)6-8-16)32-13-20(30)27-19-10-9-17(25)11-26-19/h5-11H,4,12-13H2,1-3H3,(H,26,27,30). The van der Waals surface area contributed by atoms with E-state index in [9.17, 15) is 9.59 Å². The van der Waals surface area contributed by atoms with Gasteiger partial charge in [-0.25, -0.2) is 9.97 Å². The van der Waals surface area contributed by atoms with E-state index in [0.717, 1.165) is 32.8 Å². The molecule has 3 heterocycles. The van der Waals surface area contributed by atoms with Gasteiger partial charge in [-0.3, -0.25) is 14.2 Å². The summed E-state index contributed by atoms with van der Waals surface area (Å²) >= 11 is 8.64. The first-order valence-electron chi connectivity index (χ1n) is 10.5. The molecule has 0 aliphatic heterocycles. The fourth-order valence-electron chi connectivity index (χ4n) is 3.47. The van der Waals surface area contributed by atoms with E-state index in [1.165, 1.54) is 18.0 Å². The molecule has 9 heteroatoms. The fraction of sp³-hybridized carbons (Fsp3) is 0.250. The molecule has 0 saturated heterocycles. The van der Waals surface area contributed by atoms with E-state index < -0.39 is 0 Å². The molecule has 0 aliphatic carbocycles. The Labute approximate surface area is 205 Å². The number of aromatic nitrogens is 3. The van der Waals surface area contributed by atoms with Gasteiger partial charge in [-0.2, -0.15) is 0 Å². The lowest BCUT2D eigenvalue weighted by Gasteiger charge is -2.13. The fourth-order valence-corrected chi connectivity index (χ4v) is 5.53. The number of rotatable bonds is 7. The minimum Gasteiger partial charge on any atom is -0.310 e. The van der Waals surface area contributed by atoms with E-state index in [4.69, 9.17) is 16.6 Å². The Hall–Kier alpha value is -2.68. The molecule has 0 radical (unpaired) electrons. The molecule has 0 fully saturated rings. The topological polar surface area (TPSA) is 76.9 Å². The summed E-state index contributed by atoms with van der Waals surface area (Å²) in [4.78, 5) is 36.8. The molecule has 0 saturated carbocycles. The maximum Gasteiger partial charge on any atom is 0.263 e. The molecule has 0 atom stereocenters. The Bertz CT molecular complexity index is 1360. The Morgan fingerprint density at radius 2 is 1.94 bits per heavy atom. The van der Waals surface area contributed by atoms with E-state index in [1.807, 2.05) is 38.1 Å². The van der Waals surface area contributed by atoms with Crippen molar-refractivity contribution in [1.82, 2.24) is 14.5 Å². The van der Waals surface area contributed by atoms with Crippen LogP contribution in [-0.2, 0) is 17.8 Å². The summed E-state index contributed by atoms with van der Waals surface area (Å²) in [6.07, 6.45) is 2.33. The number of anilines is 1. The first kappa shape index (κ1) is 23.5. The van der Waals surface area contributed by atoms with Crippen LogP contribution >= 0.6 is 34.7 Å². The van der Waals surface area contributed by atoms with Crippen molar-refractivity contribution in [2.24, 2.45) is 0 Å². The van der Waals surface area contributed by atoms with Gasteiger partial charge in [0.2, 0.25) is 5.91 Å². The third kappa shape index (κ3) is 5.29. The van der Waals surface area contributed by atoms with Crippen LogP contribution in [0.4, 0.5) is 5.82 Å². The number of nitrogens with zero attached hydrogens (tertiary/aromatic N) is 3. The molecule has 33 heavy (non-hydrogen) atoms.